The normalized spacial score (nSPS) is 15.8. The van der Waals surface area contributed by atoms with E-state index in [1.807, 2.05) is 0 Å². The molecular weight excluding hydrogens is 248 g/mol. The van der Waals surface area contributed by atoms with Crippen molar-refractivity contribution in [3.63, 3.8) is 0 Å². The summed E-state index contributed by atoms with van der Waals surface area (Å²) < 4.78 is 0. The molecule has 0 atom stereocenters. The highest BCUT2D eigenvalue weighted by molar-refractivity contribution is 5.66. The van der Waals surface area contributed by atoms with Crippen molar-refractivity contribution in [1.82, 2.24) is 0 Å². The molecule has 1 rings (SSSR count). The first-order chi connectivity index (χ1) is 9.79. The van der Waals surface area contributed by atoms with Gasteiger partial charge in [-0.05, 0) is 12.3 Å². The molecule has 0 heterocycles. The number of rotatable bonds is 13. The van der Waals surface area contributed by atoms with Crippen molar-refractivity contribution in [2.45, 2.75) is 103 Å². The maximum Gasteiger partial charge on any atom is 0.303 e. The van der Waals surface area contributed by atoms with Gasteiger partial charge in [-0.1, -0.05) is 89.9 Å². The van der Waals surface area contributed by atoms with Crippen molar-refractivity contribution in [2.24, 2.45) is 5.92 Å². The lowest BCUT2D eigenvalue weighted by atomic mass is 9.99. The van der Waals surface area contributed by atoms with Crippen LogP contribution in [0, 0.1) is 5.92 Å². The molecule has 1 saturated carbocycles. The molecule has 2 heteroatoms. The van der Waals surface area contributed by atoms with Crippen LogP contribution in [0.3, 0.4) is 0 Å². The van der Waals surface area contributed by atoms with E-state index in [4.69, 9.17) is 5.11 Å². The molecule has 0 aromatic carbocycles. The van der Waals surface area contributed by atoms with Gasteiger partial charge in [-0.3, -0.25) is 4.79 Å². The second kappa shape index (κ2) is 12.2. The van der Waals surface area contributed by atoms with E-state index in [9.17, 15) is 4.79 Å². The van der Waals surface area contributed by atoms with Crippen LogP contribution in [0.2, 0.25) is 0 Å². The number of unbranched alkanes of at least 4 members (excludes halogenated alkanes) is 9. The fraction of sp³-hybridized carbons (Fsp3) is 0.944. The third-order valence-corrected chi connectivity index (χ3v) is 4.73. The summed E-state index contributed by atoms with van der Waals surface area (Å²) in [6.45, 7) is 0. The topological polar surface area (TPSA) is 37.3 Å². The van der Waals surface area contributed by atoms with Crippen molar-refractivity contribution in [1.29, 1.82) is 0 Å². The number of aliphatic carboxylic acids is 1. The summed E-state index contributed by atoms with van der Waals surface area (Å²) in [5.74, 6) is 0.420. The number of hydrogen-bond acceptors (Lipinski definition) is 1. The van der Waals surface area contributed by atoms with E-state index in [0.29, 0.717) is 6.42 Å². The summed E-state index contributed by atoms with van der Waals surface area (Å²) >= 11 is 0. The Hall–Kier alpha value is -0.530. The summed E-state index contributed by atoms with van der Waals surface area (Å²) in [6.07, 6.45) is 20.7. The standard InChI is InChI=1S/C18H34O2/c19-18(20)16-10-8-6-4-2-1-3-5-7-9-13-17-14-11-12-15-17/h17H,1-16H2,(H,19,20). The van der Waals surface area contributed by atoms with Gasteiger partial charge in [0.25, 0.3) is 0 Å². The highest BCUT2D eigenvalue weighted by Crippen LogP contribution is 2.29. The van der Waals surface area contributed by atoms with Crippen LogP contribution in [0.4, 0.5) is 0 Å². The lowest BCUT2D eigenvalue weighted by Gasteiger charge is -2.07. The Balaban J connectivity index is 1.69. The molecule has 0 radical (unpaired) electrons. The Morgan fingerprint density at radius 2 is 1.20 bits per heavy atom. The van der Waals surface area contributed by atoms with Gasteiger partial charge in [0.15, 0.2) is 0 Å². The molecule has 1 fully saturated rings. The van der Waals surface area contributed by atoms with E-state index < -0.39 is 5.97 Å². The van der Waals surface area contributed by atoms with Gasteiger partial charge >= 0.3 is 5.97 Å². The lowest BCUT2D eigenvalue weighted by molar-refractivity contribution is -0.137. The fourth-order valence-electron chi connectivity index (χ4n) is 3.42. The summed E-state index contributed by atoms with van der Waals surface area (Å²) in [7, 11) is 0. The van der Waals surface area contributed by atoms with Crippen molar-refractivity contribution >= 4 is 5.97 Å². The van der Waals surface area contributed by atoms with E-state index >= 15 is 0 Å². The minimum Gasteiger partial charge on any atom is -0.481 e. The second-order valence-electron chi connectivity index (χ2n) is 6.62. The largest absolute Gasteiger partial charge is 0.481 e. The minimum absolute atomic E-state index is 0.348. The molecule has 20 heavy (non-hydrogen) atoms. The Morgan fingerprint density at radius 3 is 1.70 bits per heavy atom. The quantitative estimate of drug-likeness (QED) is 0.424. The highest BCUT2D eigenvalue weighted by Gasteiger charge is 2.13. The predicted molar refractivity (Wildman–Crippen MR) is 85.0 cm³/mol. The van der Waals surface area contributed by atoms with Gasteiger partial charge in [0.1, 0.15) is 0 Å². The molecule has 1 N–H and O–H groups in total. The first-order valence-electron chi connectivity index (χ1n) is 9.01. The first kappa shape index (κ1) is 17.5. The van der Waals surface area contributed by atoms with Crippen LogP contribution in [0.15, 0.2) is 0 Å². The van der Waals surface area contributed by atoms with E-state index in [0.717, 1.165) is 18.8 Å². The maximum atomic E-state index is 10.3. The molecule has 1 aliphatic rings. The van der Waals surface area contributed by atoms with Crippen LogP contribution in [-0.4, -0.2) is 11.1 Å². The molecule has 0 aromatic rings. The average molecular weight is 282 g/mol. The Kier molecular flexibility index (Phi) is 10.7. The van der Waals surface area contributed by atoms with Gasteiger partial charge in [-0.15, -0.1) is 0 Å². The third kappa shape index (κ3) is 10.3. The predicted octanol–water partition coefficient (Wildman–Crippen LogP) is 5.94. The summed E-state index contributed by atoms with van der Waals surface area (Å²) in [5.41, 5.74) is 0. The molecule has 0 amide bonds. The zero-order valence-corrected chi connectivity index (χ0v) is 13.2. The van der Waals surface area contributed by atoms with Gasteiger partial charge in [0.05, 0.1) is 0 Å². The monoisotopic (exact) mass is 282 g/mol. The van der Waals surface area contributed by atoms with Crippen LogP contribution in [0.1, 0.15) is 103 Å². The van der Waals surface area contributed by atoms with Crippen LogP contribution < -0.4 is 0 Å². The van der Waals surface area contributed by atoms with Gasteiger partial charge in [-0.2, -0.15) is 0 Å². The molecule has 0 saturated heterocycles. The molecule has 0 aliphatic heterocycles. The van der Waals surface area contributed by atoms with Crippen LogP contribution in [-0.2, 0) is 4.79 Å². The first-order valence-corrected chi connectivity index (χ1v) is 9.01. The van der Waals surface area contributed by atoms with Gasteiger partial charge in [0, 0.05) is 6.42 Å². The summed E-state index contributed by atoms with van der Waals surface area (Å²) in [5, 5.41) is 8.53. The van der Waals surface area contributed by atoms with E-state index in [1.165, 1.54) is 83.5 Å². The van der Waals surface area contributed by atoms with Gasteiger partial charge in [-0.25, -0.2) is 0 Å². The molecule has 0 aromatic heterocycles. The van der Waals surface area contributed by atoms with E-state index in [-0.39, 0.29) is 0 Å². The zero-order chi connectivity index (χ0) is 14.5. The number of carboxylic acid groups (broad SMARTS) is 1. The molecule has 0 bridgehead atoms. The van der Waals surface area contributed by atoms with Crippen LogP contribution in [0.5, 0.6) is 0 Å². The van der Waals surface area contributed by atoms with Crippen LogP contribution >= 0.6 is 0 Å². The van der Waals surface area contributed by atoms with E-state index in [1.54, 1.807) is 0 Å². The molecule has 118 valence electrons. The SMILES string of the molecule is O=C(O)CCCCCCCCCCCCC1CCCC1. The number of carbonyl (C=O) groups is 1. The third-order valence-electron chi connectivity index (χ3n) is 4.73. The van der Waals surface area contributed by atoms with Crippen molar-refractivity contribution < 1.29 is 9.90 Å². The fourth-order valence-corrected chi connectivity index (χ4v) is 3.42. The van der Waals surface area contributed by atoms with Gasteiger partial charge in [0.2, 0.25) is 0 Å². The number of carboxylic acids is 1. The summed E-state index contributed by atoms with van der Waals surface area (Å²) in [6, 6.07) is 0. The van der Waals surface area contributed by atoms with E-state index in [2.05, 4.69) is 0 Å². The Labute approximate surface area is 125 Å². The lowest BCUT2D eigenvalue weighted by Crippen LogP contribution is -1.93. The van der Waals surface area contributed by atoms with Crippen molar-refractivity contribution in [3.05, 3.63) is 0 Å². The van der Waals surface area contributed by atoms with Crippen molar-refractivity contribution in [2.75, 3.05) is 0 Å². The molecular formula is C18H34O2. The van der Waals surface area contributed by atoms with Crippen molar-refractivity contribution in [3.8, 4) is 0 Å². The highest BCUT2D eigenvalue weighted by atomic mass is 16.4. The molecule has 1 aliphatic carbocycles. The Morgan fingerprint density at radius 1 is 0.750 bits per heavy atom. The second-order valence-corrected chi connectivity index (χ2v) is 6.62. The maximum absolute atomic E-state index is 10.3. The smallest absolute Gasteiger partial charge is 0.303 e. The number of hydrogen-bond donors (Lipinski definition) is 1. The zero-order valence-electron chi connectivity index (χ0n) is 13.2. The molecule has 0 unspecified atom stereocenters. The Bertz CT molecular complexity index is 232. The van der Waals surface area contributed by atoms with Crippen LogP contribution in [0.25, 0.3) is 0 Å². The molecule has 0 spiro atoms. The molecule has 2 nitrogen and oxygen atoms in total. The minimum atomic E-state index is -0.650. The van der Waals surface area contributed by atoms with Gasteiger partial charge < -0.3 is 5.11 Å². The summed E-state index contributed by atoms with van der Waals surface area (Å²) in [4.78, 5) is 10.3. The average Bonchev–Trinajstić information content (AvgIpc) is 2.93.